The predicted molar refractivity (Wildman–Crippen MR) is 64.7 cm³/mol. The molecule has 84 valence electrons. The second kappa shape index (κ2) is 4.90. The van der Waals surface area contributed by atoms with Gasteiger partial charge in [0, 0.05) is 21.5 Å². The van der Waals surface area contributed by atoms with Crippen molar-refractivity contribution in [1.82, 2.24) is 10.2 Å². The molecule has 0 aliphatic heterocycles. The number of aliphatic hydroxyl groups is 1. The molecule has 6 heteroatoms. The molecular weight excluding hydrogens is 292 g/mol. The summed E-state index contributed by atoms with van der Waals surface area (Å²) in [5.41, 5.74) is 1.30. The smallest absolute Gasteiger partial charge is 0.233 e. The van der Waals surface area contributed by atoms with E-state index in [1.165, 1.54) is 18.4 Å². The fourth-order valence-corrected chi connectivity index (χ4v) is 2.76. The molecule has 0 radical (unpaired) electrons. The Kier molecular flexibility index (Phi) is 3.52. The first-order valence-corrected chi connectivity index (χ1v) is 6.23. The van der Waals surface area contributed by atoms with E-state index in [1.54, 1.807) is 12.1 Å². The third kappa shape index (κ3) is 2.23. The van der Waals surface area contributed by atoms with Crippen LogP contribution in [-0.4, -0.2) is 22.4 Å². The number of rotatable bonds is 3. The second-order valence-electron chi connectivity index (χ2n) is 3.08. The summed E-state index contributed by atoms with van der Waals surface area (Å²) >= 11 is 4.89. The van der Waals surface area contributed by atoms with Gasteiger partial charge < -0.3 is 9.84 Å². The van der Waals surface area contributed by atoms with Gasteiger partial charge in [-0.1, -0.05) is 0 Å². The van der Waals surface area contributed by atoms with Crippen LogP contribution >= 0.6 is 27.3 Å². The van der Waals surface area contributed by atoms with E-state index in [-0.39, 0.29) is 0 Å². The summed E-state index contributed by atoms with van der Waals surface area (Å²) in [4.78, 5) is 0. The van der Waals surface area contributed by atoms with Crippen molar-refractivity contribution in [2.24, 2.45) is 0 Å². The van der Waals surface area contributed by atoms with E-state index < -0.39 is 6.10 Å². The first-order chi connectivity index (χ1) is 7.72. The Hall–Kier alpha value is -0.980. The van der Waals surface area contributed by atoms with Crippen molar-refractivity contribution >= 4 is 27.3 Å². The Balaban J connectivity index is 2.27. The minimum Gasteiger partial charge on any atom is -0.480 e. The highest BCUT2D eigenvalue weighted by atomic mass is 79.9. The topological polar surface area (TPSA) is 55.2 Å². The summed E-state index contributed by atoms with van der Waals surface area (Å²) in [5, 5.41) is 21.6. The maximum absolute atomic E-state index is 10.1. The summed E-state index contributed by atoms with van der Waals surface area (Å²) in [6, 6.07) is 3.37. The molecule has 0 saturated carbocycles. The number of methoxy groups -OCH3 is 1. The lowest BCUT2D eigenvalue weighted by atomic mass is 10.1. The van der Waals surface area contributed by atoms with E-state index in [4.69, 9.17) is 4.74 Å². The van der Waals surface area contributed by atoms with Crippen molar-refractivity contribution in [3.8, 4) is 5.88 Å². The molecule has 2 rings (SSSR count). The van der Waals surface area contributed by atoms with Gasteiger partial charge in [-0.25, -0.2) is 0 Å². The zero-order valence-corrected chi connectivity index (χ0v) is 10.8. The second-order valence-corrected chi connectivity index (χ2v) is 4.68. The molecule has 16 heavy (non-hydrogen) atoms. The van der Waals surface area contributed by atoms with Gasteiger partial charge in [0.1, 0.15) is 6.10 Å². The Morgan fingerprint density at radius 2 is 2.19 bits per heavy atom. The van der Waals surface area contributed by atoms with Gasteiger partial charge in [-0.3, -0.25) is 0 Å². The van der Waals surface area contributed by atoms with Crippen molar-refractivity contribution in [1.29, 1.82) is 0 Å². The van der Waals surface area contributed by atoms with Gasteiger partial charge in [0.2, 0.25) is 5.88 Å². The van der Waals surface area contributed by atoms with Gasteiger partial charge in [-0.2, -0.15) is 11.3 Å². The summed E-state index contributed by atoms with van der Waals surface area (Å²) in [5.74, 6) is 0.431. The van der Waals surface area contributed by atoms with Crippen LogP contribution in [0.5, 0.6) is 5.88 Å². The fourth-order valence-electron chi connectivity index (χ4n) is 1.23. The molecule has 4 nitrogen and oxygen atoms in total. The van der Waals surface area contributed by atoms with Gasteiger partial charge >= 0.3 is 0 Å². The minimum absolute atomic E-state index is 0.431. The first kappa shape index (κ1) is 11.5. The highest BCUT2D eigenvalue weighted by Crippen LogP contribution is 2.30. The lowest BCUT2D eigenvalue weighted by Gasteiger charge is -2.08. The SMILES string of the molecule is COc1ccc(C(O)c2cscc2Br)nn1. The third-order valence-electron chi connectivity index (χ3n) is 2.09. The van der Waals surface area contributed by atoms with Crippen LogP contribution in [0.3, 0.4) is 0 Å². The van der Waals surface area contributed by atoms with Crippen LogP contribution in [0, 0.1) is 0 Å². The molecule has 0 aliphatic rings. The zero-order chi connectivity index (χ0) is 11.5. The molecule has 0 aromatic carbocycles. The lowest BCUT2D eigenvalue weighted by Crippen LogP contribution is -2.03. The van der Waals surface area contributed by atoms with Crippen molar-refractivity contribution in [3.63, 3.8) is 0 Å². The quantitative estimate of drug-likeness (QED) is 0.946. The number of aromatic nitrogens is 2. The minimum atomic E-state index is -0.765. The molecule has 0 fully saturated rings. The van der Waals surface area contributed by atoms with E-state index >= 15 is 0 Å². The van der Waals surface area contributed by atoms with Crippen LogP contribution in [-0.2, 0) is 0 Å². The molecule has 2 heterocycles. The first-order valence-electron chi connectivity index (χ1n) is 4.49. The van der Waals surface area contributed by atoms with E-state index in [1.807, 2.05) is 10.8 Å². The molecule has 0 spiro atoms. The van der Waals surface area contributed by atoms with Crippen molar-refractivity contribution < 1.29 is 9.84 Å². The summed E-state index contributed by atoms with van der Waals surface area (Å²) < 4.78 is 5.78. The summed E-state index contributed by atoms with van der Waals surface area (Å²) in [6.45, 7) is 0. The molecular formula is C10H9BrN2O2S. The van der Waals surface area contributed by atoms with Gasteiger partial charge in [-0.15, -0.1) is 10.2 Å². The molecule has 0 amide bonds. The number of aliphatic hydroxyl groups excluding tert-OH is 1. The van der Waals surface area contributed by atoms with Gasteiger partial charge in [0.05, 0.1) is 12.8 Å². The van der Waals surface area contributed by atoms with Gasteiger partial charge in [0.25, 0.3) is 0 Å². The monoisotopic (exact) mass is 300 g/mol. The molecule has 0 bridgehead atoms. The Bertz CT molecular complexity index is 472. The van der Waals surface area contributed by atoms with Gasteiger partial charge in [0.15, 0.2) is 0 Å². The number of nitrogens with zero attached hydrogens (tertiary/aromatic N) is 2. The third-order valence-corrected chi connectivity index (χ3v) is 3.84. The van der Waals surface area contributed by atoms with Crippen molar-refractivity contribution in [3.05, 3.63) is 38.6 Å². The molecule has 0 aliphatic carbocycles. The Morgan fingerprint density at radius 3 is 2.69 bits per heavy atom. The average Bonchev–Trinajstić information content (AvgIpc) is 2.75. The largest absolute Gasteiger partial charge is 0.480 e. The Labute approximate surface area is 105 Å². The summed E-state index contributed by atoms with van der Waals surface area (Å²) in [6.07, 6.45) is -0.765. The van der Waals surface area contributed by atoms with Gasteiger partial charge in [-0.05, 0) is 27.4 Å². The molecule has 1 atom stereocenters. The highest BCUT2D eigenvalue weighted by molar-refractivity contribution is 9.10. The maximum Gasteiger partial charge on any atom is 0.233 e. The van der Waals surface area contributed by atoms with Crippen molar-refractivity contribution in [2.75, 3.05) is 7.11 Å². The summed E-state index contributed by atoms with van der Waals surface area (Å²) in [7, 11) is 1.52. The van der Waals surface area contributed by atoms with E-state index in [0.717, 1.165) is 10.0 Å². The standard InChI is InChI=1S/C10H9BrN2O2S/c1-15-9-3-2-8(12-13-9)10(14)6-4-16-5-7(6)11/h2-5,10,14H,1H3. The number of thiophene rings is 1. The van der Waals surface area contributed by atoms with Crippen LogP contribution in [0.2, 0.25) is 0 Å². The fraction of sp³-hybridized carbons (Fsp3) is 0.200. The molecule has 0 saturated heterocycles. The average molecular weight is 301 g/mol. The zero-order valence-electron chi connectivity index (χ0n) is 8.42. The normalized spacial score (nSPS) is 12.4. The van der Waals surface area contributed by atoms with E-state index in [9.17, 15) is 5.11 Å². The Morgan fingerprint density at radius 1 is 1.38 bits per heavy atom. The van der Waals surface area contributed by atoms with Crippen LogP contribution in [0.1, 0.15) is 17.4 Å². The van der Waals surface area contributed by atoms with Crippen LogP contribution in [0.15, 0.2) is 27.4 Å². The maximum atomic E-state index is 10.1. The number of hydrogen-bond acceptors (Lipinski definition) is 5. The molecule has 1 N–H and O–H groups in total. The molecule has 1 unspecified atom stereocenters. The van der Waals surface area contributed by atoms with Crippen LogP contribution in [0.25, 0.3) is 0 Å². The predicted octanol–water partition coefficient (Wildman–Crippen LogP) is 2.39. The van der Waals surface area contributed by atoms with Crippen LogP contribution in [0.4, 0.5) is 0 Å². The molecule has 2 aromatic rings. The number of halogens is 1. The van der Waals surface area contributed by atoms with Crippen LogP contribution < -0.4 is 4.74 Å². The lowest BCUT2D eigenvalue weighted by molar-refractivity contribution is 0.213. The molecule has 2 aromatic heterocycles. The van der Waals surface area contributed by atoms with E-state index in [2.05, 4.69) is 26.1 Å². The highest BCUT2D eigenvalue weighted by Gasteiger charge is 2.16. The number of ether oxygens (including phenoxy) is 1. The van der Waals surface area contributed by atoms with Crippen molar-refractivity contribution in [2.45, 2.75) is 6.10 Å². The number of hydrogen-bond donors (Lipinski definition) is 1. The van der Waals surface area contributed by atoms with E-state index in [0.29, 0.717) is 11.6 Å².